The molecule has 2 aromatic carbocycles. The Morgan fingerprint density at radius 1 is 0.864 bits per heavy atom. The number of nitrogens with zero attached hydrogens (tertiary/aromatic N) is 1. The summed E-state index contributed by atoms with van der Waals surface area (Å²) in [6.45, 7) is 1.25. The molecule has 0 unspecified atom stereocenters. The van der Waals surface area contributed by atoms with Gasteiger partial charge in [-0.3, -0.25) is 0 Å². The maximum Gasteiger partial charge on any atom is 0.00122 e. The topological polar surface area (TPSA) is 3.24 Å². The highest BCUT2D eigenvalue weighted by molar-refractivity contribution is 5.83. The maximum atomic E-state index is 2.48. The van der Waals surface area contributed by atoms with Crippen molar-refractivity contribution in [3.63, 3.8) is 0 Å². The van der Waals surface area contributed by atoms with Crippen LogP contribution < -0.4 is 0 Å². The lowest BCUT2D eigenvalue weighted by atomic mass is 9.56. The fourth-order valence-corrected chi connectivity index (χ4v) is 5.19. The molecule has 0 spiro atoms. The predicted molar refractivity (Wildman–Crippen MR) is 94.2 cm³/mol. The summed E-state index contributed by atoms with van der Waals surface area (Å²) >= 11 is 0. The van der Waals surface area contributed by atoms with Crippen molar-refractivity contribution in [2.75, 3.05) is 20.6 Å². The molecule has 2 atom stereocenters. The second-order valence-corrected chi connectivity index (χ2v) is 7.73. The third-order valence-electron chi connectivity index (χ3n) is 6.13. The second-order valence-electron chi connectivity index (χ2n) is 7.73. The van der Waals surface area contributed by atoms with Crippen molar-refractivity contribution in [3.05, 3.63) is 48.0 Å². The molecule has 5 rings (SSSR count). The van der Waals surface area contributed by atoms with E-state index in [4.69, 9.17) is 0 Å². The van der Waals surface area contributed by atoms with Crippen LogP contribution >= 0.6 is 0 Å². The van der Waals surface area contributed by atoms with Gasteiger partial charge < -0.3 is 4.90 Å². The highest BCUT2D eigenvalue weighted by Crippen LogP contribution is 2.53. The third-order valence-corrected chi connectivity index (χ3v) is 6.13. The molecule has 0 saturated heterocycles. The van der Waals surface area contributed by atoms with Gasteiger partial charge in [0.25, 0.3) is 0 Å². The minimum atomic E-state index is 0.777. The molecule has 0 aromatic heterocycles. The van der Waals surface area contributed by atoms with Crippen molar-refractivity contribution < 1.29 is 0 Å². The zero-order chi connectivity index (χ0) is 15.1. The molecule has 0 radical (unpaired) electrons. The molecule has 0 amide bonds. The molecular weight excluding hydrogens is 266 g/mol. The Kier molecular flexibility index (Phi) is 3.69. The van der Waals surface area contributed by atoms with E-state index in [-0.39, 0.29) is 0 Å². The Morgan fingerprint density at radius 2 is 1.55 bits per heavy atom. The van der Waals surface area contributed by atoms with Gasteiger partial charge in [0.2, 0.25) is 0 Å². The minimum absolute atomic E-state index is 0.777. The van der Waals surface area contributed by atoms with E-state index in [0.717, 1.165) is 23.7 Å². The van der Waals surface area contributed by atoms with Gasteiger partial charge in [-0.2, -0.15) is 0 Å². The summed E-state index contributed by atoms with van der Waals surface area (Å²) < 4.78 is 0. The summed E-state index contributed by atoms with van der Waals surface area (Å²) in [5.74, 6) is 3.49. The third kappa shape index (κ3) is 2.46. The monoisotopic (exact) mass is 293 g/mol. The summed E-state index contributed by atoms with van der Waals surface area (Å²) in [6.07, 6.45) is 5.83. The number of hydrogen-bond acceptors (Lipinski definition) is 1. The highest BCUT2D eigenvalue weighted by atomic mass is 15.1. The van der Waals surface area contributed by atoms with E-state index in [9.17, 15) is 0 Å². The number of hydrogen-bond donors (Lipinski definition) is 0. The van der Waals surface area contributed by atoms with Crippen LogP contribution in [0.15, 0.2) is 42.5 Å². The van der Waals surface area contributed by atoms with Crippen LogP contribution in [0.2, 0.25) is 0 Å². The summed E-state index contributed by atoms with van der Waals surface area (Å²) in [4.78, 5) is 2.40. The lowest BCUT2D eigenvalue weighted by molar-refractivity contribution is 0.0507. The fraction of sp³-hybridized carbons (Fsp3) is 0.524. The van der Waals surface area contributed by atoms with Crippen LogP contribution in [0.1, 0.15) is 37.2 Å². The van der Waals surface area contributed by atoms with Gasteiger partial charge in [-0.25, -0.2) is 0 Å². The molecule has 1 heteroatoms. The summed E-state index contributed by atoms with van der Waals surface area (Å²) in [5.41, 5.74) is 1.60. The van der Waals surface area contributed by atoms with Crippen LogP contribution in [0, 0.1) is 17.8 Å². The quantitative estimate of drug-likeness (QED) is 0.776. The Bertz CT molecular complexity index is 652. The Labute approximate surface area is 134 Å². The Balaban J connectivity index is 1.73. The zero-order valence-electron chi connectivity index (χ0n) is 13.8. The number of rotatable bonds is 3. The molecule has 0 heterocycles. The zero-order valence-corrected chi connectivity index (χ0v) is 13.8. The molecule has 0 N–H and O–H groups in total. The van der Waals surface area contributed by atoms with E-state index < -0.39 is 0 Å². The fourth-order valence-electron chi connectivity index (χ4n) is 5.19. The normalized spacial score (nSPS) is 31.0. The van der Waals surface area contributed by atoms with Crippen molar-refractivity contribution in [2.45, 2.75) is 31.6 Å². The van der Waals surface area contributed by atoms with E-state index >= 15 is 0 Å². The predicted octanol–water partition coefficient (Wildman–Crippen LogP) is 4.92. The van der Waals surface area contributed by atoms with Gasteiger partial charge in [-0.15, -0.1) is 0 Å². The van der Waals surface area contributed by atoms with Crippen LogP contribution in [0.5, 0.6) is 0 Å². The van der Waals surface area contributed by atoms with Crippen LogP contribution in [0.4, 0.5) is 0 Å². The molecule has 1 nitrogen and oxygen atoms in total. The standard InChI is InChI=1S/C21H27N/c1-22(2)14-20-16-8-10-17(11-9-16)21(20)19-12-7-15-5-3-4-6-18(15)13-19/h3-7,12-13,16-17,20-21H,8-11,14H2,1-2H3/t16?,17?,20-,21-/m0/s1. The summed E-state index contributed by atoms with van der Waals surface area (Å²) in [6, 6.07) is 16.0. The van der Waals surface area contributed by atoms with Gasteiger partial charge in [0.05, 0.1) is 0 Å². The van der Waals surface area contributed by atoms with Crippen LogP contribution in [-0.2, 0) is 0 Å². The molecule has 116 valence electrons. The molecular formula is C21H27N. The van der Waals surface area contributed by atoms with Crippen LogP contribution in [-0.4, -0.2) is 25.5 Å². The molecule has 2 aromatic rings. The van der Waals surface area contributed by atoms with Gasteiger partial charge in [0, 0.05) is 6.54 Å². The van der Waals surface area contributed by atoms with E-state index in [1.54, 1.807) is 5.56 Å². The SMILES string of the molecule is CN(C)C[C@H]1C2CCC(CC2)[C@H]1c1ccc2ccccc2c1. The van der Waals surface area contributed by atoms with Crippen molar-refractivity contribution >= 4 is 10.8 Å². The average molecular weight is 293 g/mol. The van der Waals surface area contributed by atoms with E-state index in [0.29, 0.717) is 0 Å². The lowest BCUT2D eigenvalue weighted by Gasteiger charge is -2.50. The van der Waals surface area contributed by atoms with Gasteiger partial charge in [0.1, 0.15) is 0 Å². The summed E-state index contributed by atoms with van der Waals surface area (Å²) in [5, 5.41) is 2.78. The molecule has 3 fully saturated rings. The number of fused-ring (bicyclic) bond motifs is 4. The van der Waals surface area contributed by atoms with Crippen LogP contribution in [0.3, 0.4) is 0 Å². The van der Waals surface area contributed by atoms with E-state index in [2.05, 4.69) is 61.5 Å². The largest absolute Gasteiger partial charge is 0.309 e. The number of benzene rings is 2. The first-order chi connectivity index (χ1) is 10.7. The highest BCUT2D eigenvalue weighted by Gasteiger charge is 2.44. The molecule has 22 heavy (non-hydrogen) atoms. The van der Waals surface area contributed by atoms with E-state index in [1.165, 1.54) is 43.0 Å². The molecule has 2 bridgehead atoms. The maximum absolute atomic E-state index is 2.48. The average Bonchev–Trinajstić information content (AvgIpc) is 2.55. The molecule has 3 aliphatic rings. The van der Waals surface area contributed by atoms with Gasteiger partial charge >= 0.3 is 0 Å². The molecule has 0 aliphatic heterocycles. The lowest BCUT2D eigenvalue weighted by Crippen LogP contribution is -2.43. The first-order valence-corrected chi connectivity index (χ1v) is 8.86. The van der Waals surface area contributed by atoms with E-state index in [1.807, 2.05) is 0 Å². The van der Waals surface area contributed by atoms with Crippen molar-refractivity contribution in [2.24, 2.45) is 17.8 Å². The second kappa shape index (κ2) is 5.70. The molecule has 3 saturated carbocycles. The van der Waals surface area contributed by atoms with Crippen molar-refractivity contribution in [1.82, 2.24) is 4.90 Å². The van der Waals surface area contributed by atoms with Crippen LogP contribution in [0.25, 0.3) is 10.8 Å². The van der Waals surface area contributed by atoms with Gasteiger partial charge in [-0.1, -0.05) is 42.5 Å². The molecule has 3 aliphatic carbocycles. The minimum Gasteiger partial charge on any atom is -0.309 e. The van der Waals surface area contributed by atoms with Crippen molar-refractivity contribution in [1.29, 1.82) is 0 Å². The summed E-state index contributed by atoms with van der Waals surface area (Å²) in [7, 11) is 4.47. The Hall–Kier alpha value is -1.34. The van der Waals surface area contributed by atoms with Crippen molar-refractivity contribution in [3.8, 4) is 0 Å². The van der Waals surface area contributed by atoms with Gasteiger partial charge in [-0.05, 0) is 79.8 Å². The first-order valence-electron chi connectivity index (χ1n) is 8.86. The first kappa shape index (κ1) is 14.3. The Morgan fingerprint density at radius 3 is 2.27 bits per heavy atom. The smallest absolute Gasteiger partial charge is 0.00122 e. The van der Waals surface area contributed by atoms with Gasteiger partial charge in [0.15, 0.2) is 0 Å².